The minimum atomic E-state index is -0.450. The summed E-state index contributed by atoms with van der Waals surface area (Å²) in [5.74, 6) is 6.67. The summed E-state index contributed by atoms with van der Waals surface area (Å²) in [6.07, 6.45) is 4.52. The molecule has 1 aromatic heterocycles. The molecule has 3 rings (SSSR count). The van der Waals surface area contributed by atoms with Gasteiger partial charge in [0, 0.05) is 23.7 Å². The van der Waals surface area contributed by atoms with E-state index in [1.807, 2.05) is 0 Å². The van der Waals surface area contributed by atoms with Gasteiger partial charge in [-0.15, -0.1) is 12.4 Å². The second-order valence-corrected chi connectivity index (χ2v) is 6.19. The smallest absolute Gasteiger partial charge is 0.269 e. The zero-order valence-corrected chi connectivity index (χ0v) is 15.3. The monoisotopic (exact) mass is 389 g/mol. The Morgan fingerprint density at radius 1 is 1.19 bits per heavy atom. The van der Waals surface area contributed by atoms with Gasteiger partial charge in [0.2, 0.25) is 5.95 Å². The quantitative estimate of drug-likeness (QED) is 0.418. The topological polar surface area (TPSA) is 127 Å². The molecule has 0 radical (unpaired) electrons. The molecule has 142 valence electrons. The Morgan fingerprint density at radius 2 is 1.85 bits per heavy atom. The lowest BCUT2D eigenvalue weighted by Gasteiger charge is -2.26. The molecule has 27 heavy (non-hydrogen) atoms. The van der Waals surface area contributed by atoms with Crippen molar-refractivity contribution in [3.63, 3.8) is 0 Å². The Kier molecular flexibility index (Phi) is 6.93. The van der Waals surface area contributed by atoms with Gasteiger partial charge in [0.05, 0.1) is 22.8 Å². The van der Waals surface area contributed by atoms with E-state index in [2.05, 4.69) is 27.1 Å². The van der Waals surface area contributed by atoms with Crippen molar-refractivity contribution in [1.29, 1.82) is 0 Å². The number of anilines is 2. The van der Waals surface area contributed by atoms with Gasteiger partial charge < -0.3 is 16.2 Å². The number of hydrogen-bond donors (Lipinski definition) is 3. The van der Waals surface area contributed by atoms with Crippen LogP contribution in [0.1, 0.15) is 36.8 Å². The highest BCUT2D eigenvalue weighted by Crippen LogP contribution is 2.23. The lowest BCUT2D eigenvalue weighted by molar-refractivity contribution is -0.384. The Hall–Kier alpha value is -2.89. The zero-order valence-electron chi connectivity index (χ0n) is 14.5. The number of nitrogens with zero attached hydrogens (tertiary/aromatic N) is 3. The van der Waals surface area contributed by atoms with Crippen LogP contribution in [0.15, 0.2) is 30.5 Å². The number of aromatic nitrogens is 2. The van der Waals surface area contributed by atoms with Gasteiger partial charge in [-0.1, -0.05) is 11.8 Å². The molecule has 0 saturated heterocycles. The lowest BCUT2D eigenvalue weighted by atomic mass is 9.93. The molecular formula is C18H20ClN5O3. The second kappa shape index (κ2) is 9.16. The van der Waals surface area contributed by atoms with E-state index >= 15 is 0 Å². The maximum atomic E-state index is 10.7. The van der Waals surface area contributed by atoms with Crippen LogP contribution in [0.25, 0.3) is 0 Å². The third kappa shape index (κ3) is 5.54. The van der Waals surface area contributed by atoms with E-state index < -0.39 is 4.92 Å². The third-order valence-electron chi connectivity index (χ3n) is 4.26. The van der Waals surface area contributed by atoms with E-state index in [1.165, 1.54) is 12.1 Å². The maximum Gasteiger partial charge on any atom is 0.269 e. The number of non-ortho nitro benzene ring substituents is 1. The number of nitro benzene ring substituents is 1. The van der Waals surface area contributed by atoms with Crippen LogP contribution in [0.4, 0.5) is 17.5 Å². The van der Waals surface area contributed by atoms with Gasteiger partial charge in [-0.05, 0) is 37.8 Å². The number of hydrogen-bond acceptors (Lipinski definition) is 7. The molecule has 0 amide bonds. The lowest BCUT2D eigenvalue weighted by Crippen LogP contribution is -2.29. The van der Waals surface area contributed by atoms with Crippen molar-refractivity contribution >= 4 is 29.9 Å². The van der Waals surface area contributed by atoms with Crippen LogP contribution in [0.2, 0.25) is 0 Å². The average molecular weight is 390 g/mol. The van der Waals surface area contributed by atoms with Crippen LogP contribution in [0.5, 0.6) is 0 Å². The number of halogens is 1. The zero-order chi connectivity index (χ0) is 18.5. The Bertz CT molecular complexity index is 856. The van der Waals surface area contributed by atoms with Crippen molar-refractivity contribution in [3.05, 3.63) is 51.7 Å². The van der Waals surface area contributed by atoms with Crippen molar-refractivity contribution in [2.45, 2.75) is 37.8 Å². The minimum absolute atomic E-state index is 0. The highest BCUT2D eigenvalue weighted by atomic mass is 35.5. The van der Waals surface area contributed by atoms with E-state index in [0.29, 0.717) is 16.9 Å². The van der Waals surface area contributed by atoms with Crippen LogP contribution >= 0.6 is 12.4 Å². The Labute approximate surface area is 162 Å². The summed E-state index contributed by atoms with van der Waals surface area (Å²) in [7, 11) is 0. The van der Waals surface area contributed by atoms with Crippen molar-refractivity contribution in [3.8, 4) is 11.8 Å². The van der Waals surface area contributed by atoms with Gasteiger partial charge in [0.15, 0.2) is 0 Å². The summed E-state index contributed by atoms with van der Waals surface area (Å²) in [5, 5.41) is 23.6. The number of rotatable bonds is 3. The van der Waals surface area contributed by atoms with Gasteiger partial charge in [0.25, 0.3) is 5.69 Å². The fourth-order valence-corrected chi connectivity index (χ4v) is 2.82. The number of nitrogens with two attached hydrogens (primary N) is 1. The molecule has 1 aliphatic rings. The molecule has 4 N–H and O–H groups in total. The van der Waals surface area contributed by atoms with E-state index in [4.69, 9.17) is 5.73 Å². The summed E-state index contributed by atoms with van der Waals surface area (Å²) in [6, 6.07) is 6.22. The first-order valence-electron chi connectivity index (χ1n) is 8.35. The summed E-state index contributed by atoms with van der Waals surface area (Å²) in [6.45, 7) is 0. The average Bonchev–Trinajstić information content (AvgIpc) is 2.63. The molecule has 1 aromatic carbocycles. The first-order valence-corrected chi connectivity index (χ1v) is 8.35. The van der Waals surface area contributed by atoms with Gasteiger partial charge in [0.1, 0.15) is 5.82 Å². The molecule has 9 heteroatoms. The van der Waals surface area contributed by atoms with Crippen molar-refractivity contribution in [2.75, 3.05) is 11.1 Å². The van der Waals surface area contributed by atoms with E-state index in [9.17, 15) is 15.2 Å². The minimum Gasteiger partial charge on any atom is -0.393 e. The normalized spacial score (nSPS) is 18.6. The van der Waals surface area contributed by atoms with E-state index in [-0.39, 0.29) is 36.2 Å². The molecule has 1 fully saturated rings. The van der Waals surface area contributed by atoms with Crippen LogP contribution in [-0.2, 0) is 0 Å². The molecule has 0 aliphatic heterocycles. The first-order chi connectivity index (χ1) is 12.5. The van der Waals surface area contributed by atoms with Gasteiger partial charge in [-0.25, -0.2) is 4.98 Å². The number of nitrogens with one attached hydrogen (secondary N) is 1. The molecule has 8 nitrogen and oxygen atoms in total. The van der Waals surface area contributed by atoms with Gasteiger partial charge >= 0.3 is 0 Å². The van der Waals surface area contributed by atoms with Crippen LogP contribution < -0.4 is 11.1 Å². The van der Waals surface area contributed by atoms with Gasteiger partial charge in [-0.3, -0.25) is 10.1 Å². The summed E-state index contributed by atoms with van der Waals surface area (Å²) < 4.78 is 0. The summed E-state index contributed by atoms with van der Waals surface area (Å²) in [4.78, 5) is 18.5. The van der Waals surface area contributed by atoms with Crippen molar-refractivity contribution < 1.29 is 10.0 Å². The molecule has 1 saturated carbocycles. The predicted molar refractivity (Wildman–Crippen MR) is 105 cm³/mol. The number of aliphatic hydroxyl groups is 1. The van der Waals surface area contributed by atoms with Crippen molar-refractivity contribution in [1.82, 2.24) is 9.97 Å². The molecule has 1 aliphatic carbocycles. The summed E-state index contributed by atoms with van der Waals surface area (Å²) >= 11 is 0. The number of aliphatic hydroxyl groups excluding tert-OH is 1. The van der Waals surface area contributed by atoms with Crippen LogP contribution in [0, 0.1) is 22.0 Å². The molecule has 0 spiro atoms. The maximum absolute atomic E-state index is 10.7. The molecule has 2 aromatic rings. The second-order valence-electron chi connectivity index (χ2n) is 6.19. The summed E-state index contributed by atoms with van der Waals surface area (Å²) in [5.41, 5.74) is 6.97. The van der Waals surface area contributed by atoms with E-state index in [1.54, 1.807) is 18.3 Å². The number of benzene rings is 1. The molecule has 0 unspecified atom stereocenters. The number of nitro groups is 1. The van der Waals surface area contributed by atoms with E-state index in [0.717, 1.165) is 25.7 Å². The molecular weight excluding hydrogens is 370 g/mol. The fraction of sp³-hybridized carbons (Fsp3) is 0.333. The van der Waals surface area contributed by atoms with Gasteiger partial charge in [-0.2, -0.15) is 4.98 Å². The van der Waals surface area contributed by atoms with Crippen molar-refractivity contribution in [2.24, 2.45) is 0 Å². The first kappa shape index (κ1) is 20.4. The highest BCUT2D eigenvalue weighted by molar-refractivity contribution is 5.85. The SMILES string of the molecule is Cl.Nc1ncc(C#Cc2ccc([N+](=O)[O-])cc2)c(N[C@H]2CC[C@H](O)CC2)n1. The van der Waals surface area contributed by atoms with Crippen LogP contribution in [-0.4, -0.2) is 32.1 Å². The van der Waals surface area contributed by atoms with Crippen LogP contribution in [0.3, 0.4) is 0 Å². The molecule has 0 bridgehead atoms. The molecule has 1 heterocycles. The number of nitrogen functional groups attached to an aromatic ring is 1. The molecule has 0 atom stereocenters. The standard InChI is InChI=1S/C18H19N5O3.ClH/c19-18-20-11-13(4-1-12-2-7-15(8-3-12)23(25)26)17(22-18)21-14-5-9-16(24)10-6-14;/h2-3,7-8,11,14,16,24H,5-6,9-10H2,(H3,19,20,21,22);1H/t14-,16-;. The fourth-order valence-electron chi connectivity index (χ4n) is 2.82. The Morgan fingerprint density at radius 3 is 2.48 bits per heavy atom. The highest BCUT2D eigenvalue weighted by Gasteiger charge is 2.20. The largest absolute Gasteiger partial charge is 0.393 e. The third-order valence-corrected chi connectivity index (χ3v) is 4.26. The predicted octanol–water partition coefficient (Wildman–Crippen LogP) is 2.50. The Balaban J connectivity index is 0.00000261.